The molecule has 2 nitrogen and oxygen atoms in total. The van der Waals surface area contributed by atoms with Crippen molar-refractivity contribution in [1.82, 2.24) is 0 Å². The van der Waals surface area contributed by atoms with Gasteiger partial charge in [0, 0.05) is 20.7 Å². The lowest BCUT2D eigenvalue weighted by molar-refractivity contribution is 0.350. The van der Waals surface area contributed by atoms with Crippen molar-refractivity contribution >= 4 is 33.3 Å². The standard InChI is InChI=1S/C19H17BrO2S/c1-14-13-18(8-9-19(14)22)23-12-10-15(3-2-11-21)16-4-6-17(20)7-5-16/h4-10,13,21-22H,11-12H2,1H3/b15-10+. The minimum Gasteiger partial charge on any atom is -0.508 e. The summed E-state index contributed by atoms with van der Waals surface area (Å²) in [5.74, 6) is 6.79. The van der Waals surface area contributed by atoms with E-state index in [1.165, 1.54) is 0 Å². The Labute approximate surface area is 149 Å². The number of halogens is 1. The Morgan fingerprint density at radius 2 is 1.96 bits per heavy atom. The number of phenolic OH excluding ortho intramolecular Hbond substituents is 1. The van der Waals surface area contributed by atoms with E-state index in [0.717, 1.165) is 31.8 Å². The van der Waals surface area contributed by atoms with Crippen LogP contribution >= 0.6 is 27.7 Å². The molecule has 0 spiro atoms. The molecule has 4 heteroatoms. The van der Waals surface area contributed by atoms with Crippen LogP contribution in [0.5, 0.6) is 5.75 Å². The lowest BCUT2D eigenvalue weighted by Crippen LogP contribution is -1.85. The van der Waals surface area contributed by atoms with Crippen LogP contribution in [0, 0.1) is 18.8 Å². The van der Waals surface area contributed by atoms with E-state index in [4.69, 9.17) is 5.11 Å². The number of aryl methyl sites for hydroxylation is 1. The molecule has 2 aromatic carbocycles. The molecule has 0 aromatic heterocycles. The number of hydrogen-bond donors (Lipinski definition) is 2. The Bertz CT molecular complexity index is 755. The number of allylic oxidation sites excluding steroid dienone is 1. The third-order valence-electron chi connectivity index (χ3n) is 3.16. The number of phenols is 1. The first-order valence-corrected chi connectivity index (χ1v) is 8.86. The molecule has 0 bridgehead atoms. The summed E-state index contributed by atoms with van der Waals surface area (Å²) in [6, 6.07) is 13.5. The van der Waals surface area contributed by atoms with Crippen LogP contribution in [0.1, 0.15) is 11.1 Å². The molecule has 0 heterocycles. The fourth-order valence-electron chi connectivity index (χ4n) is 1.94. The lowest BCUT2D eigenvalue weighted by atomic mass is 10.1. The Hall–Kier alpha value is -1.67. The van der Waals surface area contributed by atoms with Crippen LogP contribution in [0.2, 0.25) is 0 Å². The normalized spacial score (nSPS) is 11.0. The summed E-state index contributed by atoms with van der Waals surface area (Å²) in [5.41, 5.74) is 2.79. The summed E-state index contributed by atoms with van der Waals surface area (Å²) in [7, 11) is 0. The molecule has 0 fully saturated rings. The van der Waals surface area contributed by atoms with Crippen LogP contribution in [-0.4, -0.2) is 22.6 Å². The fraction of sp³-hybridized carbons (Fsp3) is 0.158. The topological polar surface area (TPSA) is 40.5 Å². The highest BCUT2D eigenvalue weighted by Gasteiger charge is 2.01. The molecule has 0 radical (unpaired) electrons. The quantitative estimate of drug-likeness (QED) is 0.592. The molecule has 2 aromatic rings. The maximum atomic E-state index is 9.56. The lowest BCUT2D eigenvalue weighted by Gasteiger charge is -2.04. The van der Waals surface area contributed by atoms with Gasteiger partial charge in [0.2, 0.25) is 0 Å². The predicted octanol–water partition coefficient (Wildman–Crippen LogP) is 4.63. The number of aliphatic hydroxyl groups is 1. The van der Waals surface area contributed by atoms with Crippen molar-refractivity contribution < 1.29 is 10.2 Å². The second kappa shape index (κ2) is 8.83. The Balaban J connectivity index is 2.13. The van der Waals surface area contributed by atoms with Crippen molar-refractivity contribution in [3.63, 3.8) is 0 Å². The molecule has 0 saturated carbocycles. The summed E-state index contributed by atoms with van der Waals surface area (Å²) in [4.78, 5) is 1.10. The molecule has 2 N–H and O–H groups in total. The smallest absolute Gasteiger partial charge is 0.118 e. The summed E-state index contributed by atoms with van der Waals surface area (Å²) < 4.78 is 1.02. The van der Waals surface area contributed by atoms with Gasteiger partial charge in [0.05, 0.1) is 0 Å². The van der Waals surface area contributed by atoms with Gasteiger partial charge in [-0.05, 0) is 48.4 Å². The minimum atomic E-state index is -0.155. The van der Waals surface area contributed by atoms with Crippen LogP contribution < -0.4 is 0 Å². The first kappa shape index (κ1) is 17.7. The zero-order chi connectivity index (χ0) is 16.7. The highest BCUT2D eigenvalue weighted by Crippen LogP contribution is 2.26. The summed E-state index contributed by atoms with van der Waals surface area (Å²) in [5, 5.41) is 18.5. The van der Waals surface area contributed by atoms with Crippen molar-refractivity contribution in [1.29, 1.82) is 0 Å². The zero-order valence-electron chi connectivity index (χ0n) is 12.7. The van der Waals surface area contributed by atoms with Crippen LogP contribution in [0.3, 0.4) is 0 Å². The monoisotopic (exact) mass is 388 g/mol. The zero-order valence-corrected chi connectivity index (χ0v) is 15.1. The second-order valence-electron chi connectivity index (χ2n) is 4.84. The Kier molecular flexibility index (Phi) is 6.79. The molecular formula is C19H17BrO2S. The van der Waals surface area contributed by atoms with Gasteiger partial charge in [0.1, 0.15) is 12.4 Å². The van der Waals surface area contributed by atoms with Gasteiger partial charge in [-0.2, -0.15) is 0 Å². The van der Waals surface area contributed by atoms with Crippen LogP contribution in [0.25, 0.3) is 5.57 Å². The molecule has 0 aliphatic heterocycles. The van der Waals surface area contributed by atoms with Crippen molar-refractivity contribution in [2.45, 2.75) is 11.8 Å². The summed E-state index contributed by atoms with van der Waals surface area (Å²) >= 11 is 5.10. The molecule has 0 unspecified atom stereocenters. The van der Waals surface area contributed by atoms with E-state index in [1.54, 1.807) is 17.8 Å². The average Bonchev–Trinajstić information content (AvgIpc) is 2.55. The van der Waals surface area contributed by atoms with Crippen molar-refractivity contribution in [3.8, 4) is 17.6 Å². The summed E-state index contributed by atoms with van der Waals surface area (Å²) in [6.45, 7) is 1.73. The molecular weight excluding hydrogens is 372 g/mol. The van der Waals surface area contributed by atoms with Gasteiger partial charge in [-0.3, -0.25) is 0 Å². The third kappa shape index (κ3) is 5.47. The van der Waals surface area contributed by atoms with Gasteiger partial charge >= 0.3 is 0 Å². The molecule has 0 saturated heterocycles. The van der Waals surface area contributed by atoms with Crippen LogP contribution in [-0.2, 0) is 0 Å². The van der Waals surface area contributed by atoms with Gasteiger partial charge in [0.15, 0.2) is 0 Å². The molecule has 0 aliphatic carbocycles. The van der Waals surface area contributed by atoms with E-state index < -0.39 is 0 Å². The van der Waals surface area contributed by atoms with E-state index >= 15 is 0 Å². The van der Waals surface area contributed by atoms with Gasteiger partial charge in [0.25, 0.3) is 0 Å². The highest BCUT2D eigenvalue weighted by atomic mass is 79.9. The van der Waals surface area contributed by atoms with Gasteiger partial charge in [-0.25, -0.2) is 0 Å². The number of aromatic hydroxyl groups is 1. The Morgan fingerprint density at radius 3 is 2.61 bits per heavy atom. The predicted molar refractivity (Wildman–Crippen MR) is 101 cm³/mol. The highest BCUT2D eigenvalue weighted by molar-refractivity contribution is 9.10. The van der Waals surface area contributed by atoms with E-state index in [2.05, 4.69) is 33.8 Å². The molecule has 0 aliphatic rings. The van der Waals surface area contributed by atoms with Crippen LogP contribution in [0.15, 0.2) is 57.9 Å². The molecule has 0 atom stereocenters. The van der Waals surface area contributed by atoms with Crippen molar-refractivity contribution in [2.75, 3.05) is 12.4 Å². The largest absolute Gasteiger partial charge is 0.508 e. The number of rotatable bonds is 4. The van der Waals surface area contributed by atoms with Gasteiger partial charge < -0.3 is 10.2 Å². The number of aliphatic hydroxyl groups excluding tert-OH is 1. The van der Waals surface area contributed by atoms with Crippen LogP contribution in [0.4, 0.5) is 0 Å². The minimum absolute atomic E-state index is 0.155. The number of thioether (sulfide) groups is 1. The van der Waals surface area contributed by atoms with Crippen molar-refractivity contribution in [2.24, 2.45) is 0 Å². The van der Waals surface area contributed by atoms with Gasteiger partial charge in [-0.1, -0.05) is 46.0 Å². The SMILES string of the molecule is Cc1cc(SC/C=C(\C#CCO)c2ccc(Br)cc2)ccc1O. The van der Waals surface area contributed by atoms with E-state index in [-0.39, 0.29) is 6.61 Å². The molecule has 23 heavy (non-hydrogen) atoms. The summed E-state index contributed by atoms with van der Waals surface area (Å²) in [6.07, 6.45) is 2.05. The first-order chi connectivity index (χ1) is 11.1. The first-order valence-electron chi connectivity index (χ1n) is 7.08. The van der Waals surface area contributed by atoms with E-state index in [1.807, 2.05) is 43.3 Å². The average molecular weight is 389 g/mol. The number of hydrogen-bond acceptors (Lipinski definition) is 3. The molecule has 0 amide bonds. The molecule has 2 rings (SSSR count). The number of benzene rings is 2. The van der Waals surface area contributed by atoms with E-state index in [9.17, 15) is 5.11 Å². The maximum Gasteiger partial charge on any atom is 0.118 e. The van der Waals surface area contributed by atoms with E-state index in [0.29, 0.717) is 5.75 Å². The van der Waals surface area contributed by atoms with Gasteiger partial charge in [-0.15, -0.1) is 11.8 Å². The second-order valence-corrected chi connectivity index (χ2v) is 6.85. The molecule has 118 valence electrons. The maximum absolute atomic E-state index is 9.56. The third-order valence-corrected chi connectivity index (χ3v) is 4.61. The fourth-order valence-corrected chi connectivity index (χ4v) is 3.08. The van der Waals surface area contributed by atoms with Crippen molar-refractivity contribution in [3.05, 3.63) is 64.1 Å². The Morgan fingerprint density at radius 1 is 1.22 bits per heavy atom.